The van der Waals surface area contributed by atoms with Crippen LogP contribution in [0.1, 0.15) is 122 Å². The molecule has 6 aromatic carbocycles. The number of hydrogen-bond acceptors (Lipinski definition) is 0. The van der Waals surface area contributed by atoms with Crippen LogP contribution in [-0.4, -0.2) is 0 Å². The van der Waals surface area contributed by atoms with Crippen LogP contribution in [0.3, 0.4) is 0 Å². The van der Waals surface area contributed by atoms with Gasteiger partial charge in [0.1, 0.15) is 0 Å². The molecule has 6 rings (SSSR count). The Morgan fingerprint density at radius 1 is 0.278 bits per heavy atom. The van der Waals surface area contributed by atoms with Gasteiger partial charge in [0.25, 0.3) is 0 Å². The Morgan fingerprint density at radius 2 is 0.352 bits per heavy atom. The Kier molecular flexibility index (Phi) is 82.7. The fourth-order valence-electron chi connectivity index (χ4n) is 3.40. The third kappa shape index (κ3) is 40.2. The Balaban J connectivity index is -0.0000000635. The maximum absolute atomic E-state index is 3.25. The van der Waals surface area contributed by atoms with Gasteiger partial charge in [0.2, 0.25) is 0 Å². The second kappa shape index (κ2) is 60.7. The van der Waals surface area contributed by atoms with E-state index in [2.05, 4.69) is 194 Å². The van der Waals surface area contributed by atoms with E-state index < -0.39 is 0 Å². The maximum Gasteiger partial charge on any atom is 0 e. The SMILES string of the molecule is C.CC.CC.CCCC.CCCC.CCCC.[CH2-]C.[CH3-].[CH3-].[CH3-].[La].[La].c1ccc2ccccc2c1.c1ccc2ccccc2c1.c1ccc2ccccc2c1. The Labute approximate surface area is 396 Å². The molecular weight excluding hydrogens is 902 g/mol. The first-order valence-electron chi connectivity index (χ1n) is 18.7. The van der Waals surface area contributed by atoms with Crippen LogP contribution < -0.4 is 0 Å². The summed E-state index contributed by atoms with van der Waals surface area (Å²) in [7, 11) is 0. The van der Waals surface area contributed by atoms with Crippen molar-refractivity contribution in [1.82, 2.24) is 0 Å². The molecule has 2 heteroatoms. The van der Waals surface area contributed by atoms with Crippen LogP contribution in [-0.2, 0) is 0 Å². The van der Waals surface area contributed by atoms with E-state index in [4.69, 9.17) is 0 Å². The molecule has 6 aromatic rings. The summed E-state index contributed by atoms with van der Waals surface area (Å²) in [5.74, 6) is 0. The molecule has 0 aliphatic carbocycles. The fourth-order valence-corrected chi connectivity index (χ4v) is 3.40. The fraction of sp³-hybridized carbons (Fsp3) is 0.346. The van der Waals surface area contributed by atoms with Gasteiger partial charge in [0.15, 0.2) is 0 Å². The van der Waals surface area contributed by atoms with Crippen molar-refractivity contribution in [3.05, 3.63) is 175 Å². The summed E-state index contributed by atoms with van der Waals surface area (Å²) in [5, 5.41) is 7.86. The van der Waals surface area contributed by atoms with Crippen LogP contribution in [0, 0.1) is 100 Å². The molecule has 0 aromatic heterocycles. The van der Waals surface area contributed by atoms with E-state index in [-0.39, 0.29) is 101 Å². The average Bonchev–Trinajstić information content (AvgIpc) is 3.21. The molecule has 0 saturated carbocycles. The number of benzene rings is 6. The van der Waals surface area contributed by atoms with Gasteiger partial charge in [-0.05, 0) is 32.3 Å². The molecule has 0 fully saturated rings. The molecular formula is C52H84La2-4. The summed E-state index contributed by atoms with van der Waals surface area (Å²) >= 11 is 0. The van der Waals surface area contributed by atoms with Gasteiger partial charge in [0.05, 0.1) is 0 Å². The molecule has 0 spiro atoms. The zero-order valence-corrected chi connectivity index (χ0v) is 44.2. The summed E-state index contributed by atoms with van der Waals surface area (Å²) < 4.78 is 0. The minimum Gasteiger partial charge on any atom is -0.358 e. The average molecular weight is 987 g/mol. The minimum absolute atomic E-state index is 0. The smallest absolute Gasteiger partial charge is 0 e. The van der Waals surface area contributed by atoms with E-state index in [9.17, 15) is 0 Å². The Morgan fingerprint density at radius 3 is 0.407 bits per heavy atom. The van der Waals surface area contributed by atoms with E-state index in [0.29, 0.717) is 0 Å². The summed E-state index contributed by atoms with van der Waals surface area (Å²) in [6.07, 6.45) is 7.92. The van der Waals surface area contributed by atoms with Crippen molar-refractivity contribution in [3.63, 3.8) is 0 Å². The zero-order chi connectivity index (χ0) is 36.7. The summed E-state index contributed by atoms with van der Waals surface area (Å²) in [6.45, 7) is 26.1. The van der Waals surface area contributed by atoms with E-state index in [1.807, 2.05) is 27.7 Å². The molecule has 0 nitrogen and oxygen atoms in total. The van der Waals surface area contributed by atoms with Crippen molar-refractivity contribution in [1.29, 1.82) is 0 Å². The van der Waals surface area contributed by atoms with Gasteiger partial charge in [-0.25, -0.2) is 0 Å². The molecule has 0 bridgehead atoms. The quantitative estimate of drug-likeness (QED) is 0.155. The molecule has 0 amide bonds. The molecule has 0 unspecified atom stereocenters. The number of fused-ring (bicyclic) bond motifs is 3. The second-order valence-corrected chi connectivity index (χ2v) is 10.0. The second-order valence-electron chi connectivity index (χ2n) is 10.0. The molecule has 0 N–H and O–H groups in total. The standard InChI is InChI=1S/3C10H8.3C4H10.2C2H6.C2H5.CH4.3CH3.2La/c3*1-2-6-10-8-4-3-7-9(10)5-1;3*1-3-4-2;3*1-2;;;;;;/h3*1-8H;3*3-4H2,1-2H3;2*1-2H3;1H2,2H3;1H4;3*1H3;;/q;;;;;;;;-1;;3*-1;;. The number of hydrogen-bond donors (Lipinski definition) is 0. The van der Waals surface area contributed by atoms with Crippen LogP contribution in [0.15, 0.2) is 146 Å². The van der Waals surface area contributed by atoms with Gasteiger partial charge in [-0.3, -0.25) is 0 Å². The third-order valence-corrected chi connectivity index (χ3v) is 6.48. The van der Waals surface area contributed by atoms with E-state index in [1.165, 1.54) is 70.8 Å². The van der Waals surface area contributed by atoms with Crippen molar-refractivity contribution in [2.75, 3.05) is 0 Å². The van der Waals surface area contributed by atoms with Crippen LogP contribution in [0.5, 0.6) is 0 Å². The molecule has 0 aliphatic heterocycles. The monoisotopic (exact) mass is 986 g/mol. The van der Waals surface area contributed by atoms with Gasteiger partial charge in [-0.1, -0.05) is 261 Å². The van der Waals surface area contributed by atoms with Crippen LogP contribution in [0.2, 0.25) is 0 Å². The number of unbranched alkanes of at least 4 members (excludes halogenated alkanes) is 3. The van der Waals surface area contributed by atoms with Crippen molar-refractivity contribution in [2.24, 2.45) is 0 Å². The zero-order valence-electron chi connectivity index (χ0n) is 37.0. The molecule has 0 atom stereocenters. The van der Waals surface area contributed by atoms with E-state index >= 15 is 0 Å². The van der Waals surface area contributed by atoms with E-state index in [0.717, 1.165) is 0 Å². The van der Waals surface area contributed by atoms with Crippen LogP contribution >= 0.6 is 0 Å². The molecule has 0 aliphatic rings. The Hall–Kier alpha value is -1.51. The summed E-state index contributed by atoms with van der Waals surface area (Å²) in [5.41, 5.74) is 0. The summed E-state index contributed by atoms with van der Waals surface area (Å²) in [6, 6.07) is 50.1. The van der Waals surface area contributed by atoms with Crippen LogP contribution in [0.25, 0.3) is 32.3 Å². The first kappa shape index (κ1) is 73.6. The number of rotatable bonds is 3. The molecule has 2 radical (unpaired) electrons. The normalized spacial score (nSPS) is 7.56. The maximum atomic E-state index is 3.25. The van der Waals surface area contributed by atoms with Gasteiger partial charge >= 0.3 is 0 Å². The molecule has 302 valence electrons. The minimum atomic E-state index is 0. The molecule has 54 heavy (non-hydrogen) atoms. The first-order valence-corrected chi connectivity index (χ1v) is 18.7. The third-order valence-electron chi connectivity index (χ3n) is 6.48. The van der Waals surface area contributed by atoms with Gasteiger partial charge < -0.3 is 29.2 Å². The van der Waals surface area contributed by atoms with Crippen molar-refractivity contribution in [3.8, 4) is 0 Å². The van der Waals surface area contributed by atoms with Crippen LogP contribution in [0.4, 0.5) is 0 Å². The summed E-state index contributed by atoms with van der Waals surface area (Å²) in [4.78, 5) is 0. The predicted molar refractivity (Wildman–Crippen MR) is 253 cm³/mol. The predicted octanol–water partition coefficient (Wildman–Crippen LogP) is 18.8. The van der Waals surface area contributed by atoms with Gasteiger partial charge in [0, 0.05) is 71.2 Å². The van der Waals surface area contributed by atoms with Crippen molar-refractivity contribution in [2.45, 2.75) is 122 Å². The van der Waals surface area contributed by atoms with Crippen molar-refractivity contribution < 1.29 is 71.2 Å². The first-order chi connectivity index (χ1) is 23.6. The Bertz CT molecular complexity index is 1080. The van der Waals surface area contributed by atoms with Gasteiger partial charge in [-0.15, -0.1) is 0 Å². The van der Waals surface area contributed by atoms with Crippen molar-refractivity contribution >= 4 is 32.3 Å². The molecule has 0 saturated heterocycles. The largest absolute Gasteiger partial charge is 0.358 e. The van der Waals surface area contributed by atoms with Gasteiger partial charge in [-0.2, -0.15) is 6.92 Å². The van der Waals surface area contributed by atoms with E-state index in [1.54, 1.807) is 6.92 Å². The topological polar surface area (TPSA) is 0 Å². The molecule has 0 heterocycles.